The van der Waals surface area contributed by atoms with Gasteiger partial charge in [-0.3, -0.25) is 4.79 Å². The number of nitrogens with two attached hydrogens (primary N) is 1. The van der Waals surface area contributed by atoms with Crippen LogP contribution in [0.2, 0.25) is 0 Å². The van der Waals surface area contributed by atoms with Gasteiger partial charge in [-0.15, -0.1) is 0 Å². The number of aryl methyl sites for hydroxylation is 1. The smallest absolute Gasteiger partial charge is 0.256 e. The van der Waals surface area contributed by atoms with Gasteiger partial charge in [-0.25, -0.2) is 4.39 Å². The molecule has 1 aromatic carbocycles. The average molecular weight is 279 g/mol. The van der Waals surface area contributed by atoms with Crippen molar-refractivity contribution in [1.82, 2.24) is 4.90 Å². The van der Waals surface area contributed by atoms with E-state index in [9.17, 15) is 9.18 Å². The van der Waals surface area contributed by atoms with E-state index in [1.54, 1.807) is 17.0 Å². The number of rotatable bonds is 2. The number of likely N-dealkylation sites (tertiary alicyclic amines) is 1. The molecule has 1 heterocycles. The molecule has 1 aliphatic rings. The Kier molecular flexibility index (Phi) is 4.22. The first kappa shape index (κ1) is 14.3. The molecule has 0 aromatic heterocycles. The molecule has 1 amide bonds. The van der Waals surface area contributed by atoms with Crippen molar-refractivity contribution in [2.24, 2.45) is 16.8 Å². The van der Waals surface area contributed by atoms with E-state index in [-0.39, 0.29) is 23.2 Å². The Morgan fingerprint density at radius 1 is 1.45 bits per heavy atom. The second-order valence-corrected chi connectivity index (χ2v) is 5.07. The van der Waals surface area contributed by atoms with Gasteiger partial charge in [0.25, 0.3) is 5.91 Å². The molecule has 20 heavy (non-hydrogen) atoms. The van der Waals surface area contributed by atoms with Crippen molar-refractivity contribution in [1.29, 1.82) is 0 Å². The van der Waals surface area contributed by atoms with Crippen LogP contribution in [0.4, 0.5) is 4.39 Å². The van der Waals surface area contributed by atoms with Gasteiger partial charge >= 0.3 is 0 Å². The number of hydrogen-bond acceptors (Lipinski definition) is 3. The highest BCUT2D eigenvalue weighted by atomic mass is 19.1. The summed E-state index contributed by atoms with van der Waals surface area (Å²) in [6, 6.07) is 4.51. The second kappa shape index (κ2) is 5.90. The standard InChI is InChI=1S/C14H18FN3O2/c1-9-2-3-12(15)11(8-9)14(19)18-6-4-10(5-7-18)13(16)17-20/h2-3,8,10,20H,4-7H2,1H3,(H2,16,17). The number of oxime groups is 1. The zero-order chi connectivity index (χ0) is 14.7. The molecule has 0 atom stereocenters. The molecule has 0 bridgehead atoms. The van der Waals surface area contributed by atoms with Crippen LogP contribution in [-0.2, 0) is 0 Å². The number of carbonyl (C=O) groups is 1. The molecule has 1 saturated heterocycles. The van der Waals surface area contributed by atoms with Crippen molar-refractivity contribution in [2.75, 3.05) is 13.1 Å². The molecule has 108 valence electrons. The van der Waals surface area contributed by atoms with Crippen molar-refractivity contribution in [2.45, 2.75) is 19.8 Å². The predicted molar refractivity (Wildman–Crippen MR) is 73.2 cm³/mol. The summed E-state index contributed by atoms with van der Waals surface area (Å²) >= 11 is 0. The number of hydrogen-bond donors (Lipinski definition) is 2. The van der Waals surface area contributed by atoms with Crippen LogP contribution in [-0.4, -0.2) is 34.9 Å². The topological polar surface area (TPSA) is 78.9 Å². The zero-order valence-electron chi connectivity index (χ0n) is 11.3. The fourth-order valence-corrected chi connectivity index (χ4v) is 2.43. The van der Waals surface area contributed by atoms with Gasteiger partial charge in [0.1, 0.15) is 11.7 Å². The van der Waals surface area contributed by atoms with E-state index in [1.165, 1.54) is 6.07 Å². The van der Waals surface area contributed by atoms with Crippen molar-refractivity contribution in [3.8, 4) is 0 Å². The lowest BCUT2D eigenvalue weighted by Crippen LogP contribution is -2.42. The molecule has 0 aliphatic carbocycles. The third-order valence-corrected chi connectivity index (χ3v) is 3.67. The summed E-state index contributed by atoms with van der Waals surface area (Å²) in [5.41, 5.74) is 6.51. The number of carbonyl (C=O) groups excluding carboxylic acids is 1. The van der Waals surface area contributed by atoms with E-state index in [2.05, 4.69) is 5.16 Å². The number of nitrogens with zero attached hydrogens (tertiary/aromatic N) is 2. The van der Waals surface area contributed by atoms with Gasteiger partial charge in [-0.2, -0.15) is 0 Å². The first-order valence-corrected chi connectivity index (χ1v) is 6.55. The fourth-order valence-electron chi connectivity index (χ4n) is 2.43. The normalized spacial score (nSPS) is 17.3. The fraction of sp³-hybridized carbons (Fsp3) is 0.429. The quantitative estimate of drug-likeness (QED) is 0.374. The summed E-state index contributed by atoms with van der Waals surface area (Å²) < 4.78 is 13.7. The highest BCUT2D eigenvalue weighted by molar-refractivity contribution is 5.95. The first-order chi connectivity index (χ1) is 9.52. The minimum atomic E-state index is -0.501. The summed E-state index contributed by atoms with van der Waals surface area (Å²) in [6.07, 6.45) is 1.24. The monoisotopic (exact) mass is 279 g/mol. The Morgan fingerprint density at radius 2 is 2.10 bits per heavy atom. The van der Waals surface area contributed by atoms with E-state index < -0.39 is 5.82 Å². The lowest BCUT2D eigenvalue weighted by atomic mass is 9.95. The maximum Gasteiger partial charge on any atom is 0.256 e. The third-order valence-electron chi connectivity index (χ3n) is 3.67. The number of amides is 1. The summed E-state index contributed by atoms with van der Waals surface area (Å²) in [5.74, 6) is -0.631. The predicted octanol–water partition coefficient (Wildman–Crippen LogP) is 1.73. The maximum absolute atomic E-state index is 13.7. The van der Waals surface area contributed by atoms with Crippen molar-refractivity contribution in [3.05, 3.63) is 35.1 Å². The molecule has 6 heteroatoms. The van der Waals surface area contributed by atoms with Crippen LogP contribution in [0.1, 0.15) is 28.8 Å². The van der Waals surface area contributed by atoms with E-state index in [0.717, 1.165) is 5.56 Å². The van der Waals surface area contributed by atoms with Crippen LogP contribution in [0.5, 0.6) is 0 Å². The SMILES string of the molecule is Cc1ccc(F)c(C(=O)N2CCC(C(N)=NO)CC2)c1. The molecule has 0 saturated carbocycles. The lowest BCUT2D eigenvalue weighted by molar-refractivity contribution is 0.0704. The van der Waals surface area contributed by atoms with Crippen molar-refractivity contribution < 1.29 is 14.4 Å². The van der Waals surface area contributed by atoms with Gasteiger partial charge in [-0.05, 0) is 31.9 Å². The number of amidine groups is 1. The Balaban J connectivity index is 2.07. The lowest BCUT2D eigenvalue weighted by Gasteiger charge is -2.31. The molecule has 1 fully saturated rings. The van der Waals surface area contributed by atoms with Crippen molar-refractivity contribution >= 4 is 11.7 Å². The van der Waals surface area contributed by atoms with E-state index in [0.29, 0.717) is 25.9 Å². The second-order valence-electron chi connectivity index (χ2n) is 5.07. The van der Waals surface area contributed by atoms with Crippen LogP contribution < -0.4 is 5.73 Å². The van der Waals surface area contributed by atoms with Gasteiger partial charge in [0.15, 0.2) is 0 Å². The van der Waals surface area contributed by atoms with Gasteiger partial charge in [-0.1, -0.05) is 16.8 Å². The van der Waals surface area contributed by atoms with E-state index in [1.807, 2.05) is 6.92 Å². The molecule has 2 rings (SSSR count). The van der Waals surface area contributed by atoms with Gasteiger partial charge in [0.2, 0.25) is 0 Å². The van der Waals surface area contributed by atoms with E-state index >= 15 is 0 Å². The highest BCUT2D eigenvalue weighted by Crippen LogP contribution is 2.20. The largest absolute Gasteiger partial charge is 0.409 e. The van der Waals surface area contributed by atoms with Crippen LogP contribution >= 0.6 is 0 Å². The summed E-state index contributed by atoms with van der Waals surface area (Å²) in [5, 5.41) is 11.6. The van der Waals surface area contributed by atoms with Gasteiger partial charge < -0.3 is 15.8 Å². The number of piperidine rings is 1. The Hall–Kier alpha value is -2.11. The van der Waals surface area contributed by atoms with Gasteiger partial charge in [0.05, 0.1) is 5.56 Å². The summed E-state index contributed by atoms with van der Waals surface area (Å²) in [6.45, 7) is 2.78. The Bertz CT molecular complexity index is 537. The molecule has 0 spiro atoms. The van der Waals surface area contributed by atoms with E-state index in [4.69, 9.17) is 10.9 Å². The minimum Gasteiger partial charge on any atom is -0.409 e. The minimum absolute atomic E-state index is 0.0218. The molecule has 1 aliphatic heterocycles. The number of halogens is 1. The molecule has 5 nitrogen and oxygen atoms in total. The Morgan fingerprint density at radius 3 is 2.70 bits per heavy atom. The molecule has 3 N–H and O–H groups in total. The van der Waals surface area contributed by atoms with Crippen molar-refractivity contribution in [3.63, 3.8) is 0 Å². The Labute approximate surface area is 116 Å². The molecule has 0 unspecified atom stereocenters. The average Bonchev–Trinajstić information content (AvgIpc) is 2.48. The molecule has 0 radical (unpaired) electrons. The molecular weight excluding hydrogens is 261 g/mol. The van der Waals surface area contributed by atoms with Gasteiger partial charge in [0, 0.05) is 19.0 Å². The summed E-state index contributed by atoms with van der Waals surface area (Å²) in [4.78, 5) is 13.9. The molecular formula is C14H18FN3O2. The third kappa shape index (κ3) is 2.89. The zero-order valence-corrected chi connectivity index (χ0v) is 11.3. The van der Waals surface area contributed by atoms with Crippen LogP contribution in [0.15, 0.2) is 23.4 Å². The van der Waals surface area contributed by atoms with Crippen LogP contribution in [0.3, 0.4) is 0 Å². The summed E-state index contributed by atoms with van der Waals surface area (Å²) in [7, 11) is 0. The molecule has 1 aromatic rings. The van der Waals surface area contributed by atoms with Crippen LogP contribution in [0, 0.1) is 18.7 Å². The first-order valence-electron chi connectivity index (χ1n) is 6.55. The van der Waals surface area contributed by atoms with Crippen LogP contribution in [0.25, 0.3) is 0 Å². The number of benzene rings is 1. The highest BCUT2D eigenvalue weighted by Gasteiger charge is 2.27. The maximum atomic E-state index is 13.7.